The topological polar surface area (TPSA) is 73.5 Å². The van der Waals surface area contributed by atoms with Gasteiger partial charge < -0.3 is 19.9 Å². The van der Waals surface area contributed by atoms with Crippen LogP contribution in [0, 0.1) is 6.92 Å². The van der Waals surface area contributed by atoms with Crippen LogP contribution in [-0.2, 0) is 11.3 Å². The number of amides is 2. The zero-order valence-electron chi connectivity index (χ0n) is 15.3. The molecule has 0 atom stereocenters. The minimum absolute atomic E-state index is 0.00574. The van der Waals surface area contributed by atoms with Crippen LogP contribution in [0.4, 0.5) is 4.79 Å². The second kappa shape index (κ2) is 7.63. The lowest BCUT2D eigenvalue weighted by molar-refractivity contribution is 0.0187. The molecule has 140 valence electrons. The average Bonchev–Trinajstić information content (AvgIpc) is 3.11. The van der Waals surface area contributed by atoms with E-state index in [0.717, 1.165) is 74.7 Å². The number of ether oxygens (including phenoxy) is 1. The maximum absolute atomic E-state index is 12.5. The molecule has 4 rings (SSSR count). The Balaban J connectivity index is 1.28. The standard InChI is InChI=1S/C19H27N5O2/c1-14-3-2-4-16-18(14)22-17(21-16)13-20-19(25)24-9-7-23(8-10-24)15-5-11-26-12-6-15/h2-4,15H,5-13H2,1H3,(H,20,25)(H,21,22). The lowest BCUT2D eigenvalue weighted by Gasteiger charge is -2.40. The summed E-state index contributed by atoms with van der Waals surface area (Å²) in [6, 6.07) is 6.68. The van der Waals surface area contributed by atoms with Gasteiger partial charge in [0.05, 0.1) is 17.6 Å². The highest BCUT2D eigenvalue weighted by Gasteiger charge is 2.27. The Morgan fingerprint density at radius 3 is 2.77 bits per heavy atom. The van der Waals surface area contributed by atoms with E-state index in [1.54, 1.807) is 0 Å². The molecule has 2 aliphatic rings. The first-order valence-corrected chi connectivity index (χ1v) is 9.49. The molecule has 0 radical (unpaired) electrons. The number of carbonyl (C=O) groups is 1. The molecule has 0 spiro atoms. The number of H-pyrrole nitrogens is 1. The van der Waals surface area contributed by atoms with Gasteiger partial charge in [0.25, 0.3) is 0 Å². The van der Waals surface area contributed by atoms with E-state index >= 15 is 0 Å². The number of imidazole rings is 1. The molecule has 2 N–H and O–H groups in total. The smallest absolute Gasteiger partial charge is 0.317 e. The van der Waals surface area contributed by atoms with Gasteiger partial charge in [-0.05, 0) is 31.4 Å². The summed E-state index contributed by atoms with van der Waals surface area (Å²) in [5.41, 5.74) is 3.13. The summed E-state index contributed by atoms with van der Waals surface area (Å²) in [6.45, 7) is 7.65. The zero-order valence-corrected chi connectivity index (χ0v) is 15.3. The van der Waals surface area contributed by atoms with E-state index in [4.69, 9.17) is 4.74 Å². The Bertz CT molecular complexity index is 760. The summed E-state index contributed by atoms with van der Waals surface area (Å²) >= 11 is 0. The van der Waals surface area contributed by atoms with E-state index in [9.17, 15) is 4.79 Å². The summed E-state index contributed by atoms with van der Waals surface area (Å²) in [4.78, 5) is 24.8. The minimum atomic E-state index is -0.00574. The summed E-state index contributed by atoms with van der Waals surface area (Å²) in [7, 11) is 0. The third-order valence-corrected chi connectivity index (χ3v) is 5.48. The van der Waals surface area contributed by atoms with Crippen molar-refractivity contribution < 1.29 is 9.53 Å². The van der Waals surface area contributed by atoms with Gasteiger partial charge in [0.15, 0.2) is 0 Å². The Labute approximate surface area is 153 Å². The van der Waals surface area contributed by atoms with Gasteiger partial charge in [-0.25, -0.2) is 9.78 Å². The van der Waals surface area contributed by atoms with E-state index < -0.39 is 0 Å². The van der Waals surface area contributed by atoms with Crippen molar-refractivity contribution >= 4 is 17.1 Å². The lowest BCUT2D eigenvalue weighted by atomic mass is 10.1. The molecule has 2 amide bonds. The molecule has 1 aromatic heterocycles. The molecule has 0 bridgehead atoms. The van der Waals surface area contributed by atoms with Gasteiger partial charge in [0.2, 0.25) is 0 Å². The van der Waals surface area contributed by atoms with Crippen molar-refractivity contribution in [2.45, 2.75) is 32.4 Å². The molecule has 2 fully saturated rings. The highest BCUT2D eigenvalue weighted by Crippen LogP contribution is 2.17. The maximum Gasteiger partial charge on any atom is 0.317 e. The molecule has 3 heterocycles. The van der Waals surface area contributed by atoms with Crippen LogP contribution in [0.3, 0.4) is 0 Å². The molecular formula is C19H27N5O2. The number of para-hydroxylation sites is 1. The number of hydrogen-bond acceptors (Lipinski definition) is 4. The van der Waals surface area contributed by atoms with Crippen LogP contribution in [-0.4, -0.2) is 71.2 Å². The van der Waals surface area contributed by atoms with E-state index in [-0.39, 0.29) is 6.03 Å². The number of urea groups is 1. The van der Waals surface area contributed by atoms with E-state index in [2.05, 4.69) is 20.2 Å². The third kappa shape index (κ3) is 3.68. The van der Waals surface area contributed by atoms with Crippen LogP contribution >= 0.6 is 0 Å². The van der Waals surface area contributed by atoms with Crippen LogP contribution < -0.4 is 5.32 Å². The molecule has 7 heteroatoms. The van der Waals surface area contributed by atoms with Crippen LogP contribution in [0.5, 0.6) is 0 Å². The normalized spacial score (nSPS) is 19.8. The fourth-order valence-corrected chi connectivity index (χ4v) is 3.92. The van der Waals surface area contributed by atoms with Gasteiger partial charge in [-0.2, -0.15) is 0 Å². The van der Waals surface area contributed by atoms with Crippen molar-refractivity contribution in [3.05, 3.63) is 29.6 Å². The van der Waals surface area contributed by atoms with Crippen molar-refractivity contribution in [1.29, 1.82) is 0 Å². The molecule has 0 unspecified atom stereocenters. The molecule has 2 saturated heterocycles. The van der Waals surface area contributed by atoms with E-state index in [1.165, 1.54) is 0 Å². The van der Waals surface area contributed by atoms with Crippen LogP contribution in [0.1, 0.15) is 24.2 Å². The predicted octanol–water partition coefficient (Wildman–Crippen LogP) is 1.88. The fourth-order valence-electron chi connectivity index (χ4n) is 3.92. The first-order valence-electron chi connectivity index (χ1n) is 9.49. The number of aromatic amines is 1. The van der Waals surface area contributed by atoms with E-state index in [0.29, 0.717) is 12.6 Å². The van der Waals surface area contributed by atoms with Gasteiger partial charge in [-0.3, -0.25) is 4.90 Å². The SMILES string of the molecule is Cc1cccc2[nH]c(CNC(=O)N3CCN(C4CCOCC4)CC3)nc12. The number of aromatic nitrogens is 2. The molecule has 2 aliphatic heterocycles. The van der Waals surface area contributed by atoms with Crippen LogP contribution in [0.15, 0.2) is 18.2 Å². The van der Waals surface area contributed by atoms with Crippen molar-refractivity contribution in [2.24, 2.45) is 0 Å². The molecule has 0 aliphatic carbocycles. The molecule has 26 heavy (non-hydrogen) atoms. The van der Waals surface area contributed by atoms with Gasteiger partial charge in [0, 0.05) is 45.4 Å². The number of nitrogens with one attached hydrogen (secondary N) is 2. The first kappa shape index (κ1) is 17.3. The number of fused-ring (bicyclic) bond motifs is 1. The number of rotatable bonds is 3. The second-order valence-corrected chi connectivity index (χ2v) is 7.18. The monoisotopic (exact) mass is 357 g/mol. The number of piperazine rings is 1. The average molecular weight is 357 g/mol. The van der Waals surface area contributed by atoms with Crippen molar-refractivity contribution in [3.63, 3.8) is 0 Å². The number of hydrogen-bond donors (Lipinski definition) is 2. The Morgan fingerprint density at radius 1 is 1.27 bits per heavy atom. The second-order valence-electron chi connectivity index (χ2n) is 7.18. The van der Waals surface area contributed by atoms with Gasteiger partial charge in [-0.15, -0.1) is 0 Å². The molecule has 2 aromatic rings. The molecule has 7 nitrogen and oxygen atoms in total. The molecular weight excluding hydrogens is 330 g/mol. The number of nitrogens with zero attached hydrogens (tertiary/aromatic N) is 3. The molecule has 0 saturated carbocycles. The maximum atomic E-state index is 12.5. The summed E-state index contributed by atoms with van der Waals surface area (Å²) in [5, 5.41) is 3.00. The Hall–Kier alpha value is -2.12. The predicted molar refractivity (Wildman–Crippen MR) is 100 cm³/mol. The highest BCUT2D eigenvalue weighted by atomic mass is 16.5. The van der Waals surface area contributed by atoms with Gasteiger partial charge in [0.1, 0.15) is 5.82 Å². The Kier molecular flexibility index (Phi) is 5.08. The van der Waals surface area contributed by atoms with Gasteiger partial charge >= 0.3 is 6.03 Å². The largest absolute Gasteiger partial charge is 0.381 e. The fraction of sp³-hybridized carbons (Fsp3) is 0.579. The van der Waals surface area contributed by atoms with Crippen LogP contribution in [0.2, 0.25) is 0 Å². The van der Waals surface area contributed by atoms with Crippen LogP contribution in [0.25, 0.3) is 11.0 Å². The number of aryl methyl sites for hydroxylation is 1. The quantitative estimate of drug-likeness (QED) is 0.880. The summed E-state index contributed by atoms with van der Waals surface area (Å²) in [5.74, 6) is 0.795. The summed E-state index contributed by atoms with van der Waals surface area (Å²) in [6.07, 6.45) is 2.22. The van der Waals surface area contributed by atoms with Gasteiger partial charge in [-0.1, -0.05) is 12.1 Å². The van der Waals surface area contributed by atoms with E-state index in [1.807, 2.05) is 30.0 Å². The zero-order chi connectivity index (χ0) is 17.9. The van der Waals surface area contributed by atoms with Crippen molar-refractivity contribution in [3.8, 4) is 0 Å². The Morgan fingerprint density at radius 2 is 2.04 bits per heavy atom. The minimum Gasteiger partial charge on any atom is -0.381 e. The van der Waals surface area contributed by atoms with Crippen molar-refractivity contribution in [1.82, 2.24) is 25.1 Å². The summed E-state index contributed by atoms with van der Waals surface area (Å²) < 4.78 is 5.44. The number of benzene rings is 1. The molecule has 1 aromatic carbocycles. The highest BCUT2D eigenvalue weighted by molar-refractivity contribution is 5.79. The first-order chi connectivity index (χ1) is 12.7. The lowest BCUT2D eigenvalue weighted by Crippen LogP contribution is -2.54. The third-order valence-electron chi connectivity index (χ3n) is 5.48. The van der Waals surface area contributed by atoms with Crippen molar-refractivity contribution in [2.75, 3.05) is 39.4 Å². The number of carbonyl (C=O) groups excluding carboxylic acids is 1.